The van der Waals surface area contributed by atoms with Crippen LogP contribution in [0.15, 0.2) is 64.5 Å². The van der Waals surface area contributed by atoms with E-state index in [0.29, 0.717) is 16.7 Å². The van der Waals surface area contributed by atoms with E-state index in [2.05, 4.69) is 15.4 Å². The fourth-order valence-electron chi connectivity index (χ4n) is 3.26. The van der Waals surface area contributed by atoms with Crippen LogP contribution in [0.2, 0.25) is 0 Å². The topological polar surface area (TPSA) is 112 Å². The fraction of sp³-hybridized carbons (Fsp3) is 0.227. The molecule has 0 aliphatic carbocycles. The number of rotatable bonds is 8. The Morgan fingerprint density at radius 1 is 1.19 bits per heavy atom. The summed E-state index contributed by atoms with van der Waals surface area (Å²) < 4.78 is 8.07. The number of thioether (sulfide) groups is 1. The molecule has 0 amide bonds. The number of aromatic nitrogens is 5. The monoisotopic (exact) mass is 451 g/mol. The van der Waals surface area contributed by atoms with Gasteiger partial charge >= 0.3 is 5.97 Å². The molecule has 9 nitrogen and oxygen atoms in total. The summed E-state index contributed by atoms with van der Waals surface area (Å²) >= 11 is 1.24. The third-order valence-electron chi connectivity index (χ3n) is 4.98. The average Bonchev–Trinajstić information content (AvgIpc) is 3.24. The Balaban J connectivity index is 1.46. The Kier molecular flexibility index (Phi) is 6.22. The zero-order valence-electron chi connectivity index (χ0n) is 17.5. The van der Waals surface area contributed by atoms with Gasteiger partial charge in [0.25, 0.3) is 5.56 Å². The first-order valence-corrected chi connectivity index (χ1v) is 10.7. The van der Waals surface area contributed by atoms with Crippen LogP contribution in [-0.2, 0) is 18.4 Å². The molecule has 0 radical (unpaired) electrons. The minimum absolute atomic E-state index is 0.144. The summed E-state index contributed by atoms with van der Waals surface area (Å²) in [6.45, 7) is 0.144. The number of nitrogens with zero attached hydrogens (tertiary/aromatic N) is 5. The molecule has 1 N–H and O–H groups in total. The van der Waals surface area contributed by atoms with Gasteiger partial charge in [-0.25, -0.2) is 4.68 Å². The molecule has 10 heteroatoms. The number of methoxy groups -OCH3 is 1. The van der Waals surface area contributed by atoms with Crippen molar-refractivity contribution in [2.75, 3.05) is 7.11 Å². The molecular weight excluding hydrogens is 430 g/mol. The van der Waals surface area contributed by atoms with Crippen molar-refractivity contribution in [3.8, 4) is 16.9 Å². The second-order valence-electron chi connectivity index (χ2n) is 7.16. The molecule has 0 fully saturated rings. The van der Waals surface area contributed by atoms with E-state index in [1.807, 2.05) is 37.5 Å². The van der Waals surface area contributed by atoms with Gasteiger partial charge in [-0.3, -0.25) is 14.3 Å². The van der Waals surface area contributed by atoms with Gasteiger partial charge in [0.15, 0.2) is 0 Å². The number of benzene rings is 2. The molecule has 32 heavy (non-hydrogen) atoms. The second kappa shape index (κ2) is 9.23. The van der Waals surface area contributed by atoms with Gasteiger partial charge in [-0.05, 0) is 36.2 Å². The van der Waals surface area contributed by atoms with Crippen LogP contribution in [0, 0.1) is 0 Å². The van der Waals surface area contributed by atoms with Crippen molar-refractivity contribution < 1.29 is 14.6 Å². The van der Waals surface area contributed by atoms with Crippen molar-refractivity contribution in [3.05, 3.63) is 65.2 Å². The number of aryl methyl sites for hydroxylation is 2. The Morgan fingerprint density at radius 3 is 2.62 bits per heavy atom. The van der Waals surface area contributed by atoms with Gasteiger partial charge in [-0.1, -0.05) is 17.3 Å². The number of carboxylic acids is 1. The Bertz CT molecular complexity index is 1320. The van der Waals surface area contributed by atoms with Crippen LogP contribution >= 0.6 is 11.8 Å². The Morgan fingerprint density at radius 2 is 1.97 bits per heavy atom. The number of carboxylic acid groups (broad SMARTS) is 1. The van der Waals surface area contributed by atoms with Gasteiger partial charge in [0.1, 0.15) is 16.5 Å². The molecule has 0 aliphatic rings. The zero-order valence-corrected chi connectivity index (χ0v) is 18.3. The molecule has 0 bridgehead atoms. The maximum Gasteiger partial charge on any atom is 0.317 e. The number of ether oxygens (including phenoxy) is 1. The van der Waals surface area contributed by atoms with Crippen molar-refractivity contribution in [1.29, 1.82) is 0 Å². The summed E-state index contributed by atoms with van der Waals surface area (Å²) in [5.41, 5.74) is 2.12. The van der Waals surface area contributed by atoms with Crippen LogP contribution in [0.1, 0.15) is 6.42 Å². The van der Waals surface area contributed by atoms with Crippen molar-refractivity contribution in [3.63, 3.8) is 0 Å². The lowest BCUT2D eigenvalue weighted by atomic mass is 10.1. The molecule has 164 valence electrons. The molecule has 0 spiro atoms. The lowest BCUT2D eigenvalue weighted by Crippen LogP contribution is -2.27. The lowest BCUT2D eigenvalue weighted by molar-refractivity contribution is -0.136. The van der Waals surface area contributed by atoms with Crippen LogP contribution in [0.3, 0.4) is 0 Å². The smallest absolute Gasteiger partial charge is 0.317 e. The third kappa shape index (κ3) is 4.65. The van der Waals surface area contributed by atoms with Crippen molar-refractivity contribution in [1.82, 2.24) is 24.8 Å². The molecule has 4 aromatic rings. The van der Waals surface area contributed by atoms with Gasteiger partial charge in [-0.2, -0.15) is 5.10 Å². The summed E-state index contributed by atoms with van der Waals surface area (Å²) in [5.74, 6) is -0.362. The molecule has 2 heterocycles. The highest BCUT2D eigenvalue weighted by Crippen LogP contribution is 2.28. The van der Waals surface area contributed by atoms with E-state index in [9.17, 15) is 14.7 Å². The summed E-state index contributed by atoms with van der Waals surface area (Å²) in [6, 6.07) is 12.6. The Labute approximate surface area is 187 Å². The van der Waals surface area contributed by atoms with E-state index in [-0.39, 0.29) is 18.5 Å². The van der Waals surface area contributed by atoms with Gasteiger partial charge < -0.3 is 9.84 Å². The summed E-state index contributed by atoms with van der Waals surface area (Å²) in [4.78, 5) is 25.3. The maximum atomic E-state index is 12.7. The number of carbonyl (C=O) groups is 1. The molecule has 0 saturated carbocycles. The highest BCUT2D eigenvalue weighted by molar-refractivity contribution is 8.00. The molecule has 4 rings (SSSR count). The number of hydrogen-bond acceptors (Lipinski definition) is 7. The van der Waals surface area contributed by atoms with Gasteiger partial charge in [-0.15, -0.1) is 16.9 Å². The largest absolute Gasteiger partial charge is 0.497 e. The Hall–Kier alpha value is -3.66. The van der Waals surface area contributed by atoms with Crippen LogP contribution in [0.5, 0.6) is 5.75 Å². The van der Waals surface area contributed by atoms with Crippen LogP contribution in [0.4, 0.5) is 0 Å². The molecule has 2 aromatic carbocycles. The highest BCUT2D eigenvalue weighted by atomic mass is 32.2. The quantitative estimate of drug-likeness (QED) is 0.407. The normalized spacial score (nSPS) is 12.1. The number of hydrogen-bond donors (Lipinski definition) is 1. The van der Waals surface area contributed by atoms with Crippen LogP contribution in [-0.4, -0.2) is 48.2 Å². The van der Waals surface area contributed by atoms with Crippen molar-refractivity contribution in [2.45, 2.75) is 23.1 Å². The van der Waals surface area contributed by atoms with E-state index < -0.39 is 11.2 Å². The van der Waals surface area contributed by atoms with Gasteiger partial charge in [0.2, 0.25) is 0 Å². The average molecular weight is 452 g/mol. The van der Waals surface area contributed by atoms with E-state index in [4.69, 9.17) is 4.74 Å². The van der Waals surface area contributed by atoms with E-state index in [0.717, 1.165) is 16.0 Å². The molecule has 1 atom stereocenters. The first-order chi connectivity index (χ1) is 15.4. The maximum absolute atomic E-state index is 12.7. The van der Waals surface area contributed by atoms with Crippen molar-refractivity contribution in [2.24, 2.45) is 7.05 Å². The van der Waals surface area contributed by atoms with Gasteiger partial charge in [0.05, 0.1) is 18.7 Å². The lowest BCUT2D eigenvalue weighted by Gasteiger charge is -2.13. The van der Waals surface area contributed by atoms with Crippen LogP contribution < -0.4 is 10.3 Å². The van der Waals surface area contributed by atoms with Crippen LogP contribution in [0.25, 0.3) is 22.0 Å². The summed E-state index contributed by atoms with van der Waals surface area (Å²) in [7, 11) is 3.39. The van der Waals surface area contributed by atoms with E-state index in [1.165, 1.54) is 23.6 Å². The summed E-state index contributed by atoms with van der Waals surface area (Å²) in [6.07, 6.45) is 3.92. The van der Waals surface area contributed by atoms with Crippen molar-refractivity contribution >= 4 is 28.6 Å². The minimum Gasteiger partial charge on any atom is -0.497 e. The first-order valence-electron chi connectivity index (χ1n) is 9.84. The molecule has 1 unspecified atom stereocenters. The standard InChI is InChI=1S/C22H21N5O4S/c1-26-13-15(12-23-26)14-3-6-17(7-4-14)32-20(22(29)30)9-10-27-21(28)18-8-5-16(31-2)11-19(18)24-25-27/h3-8,11-13,20H,9-10H2,1-2H3,(H,29,30). The molecule has 2 aromatic heterocycles. The van der Waals surface area contributed by atoms with E-state index in [1.54, 1.807) is 29.1 Å². The number of fused-ring (bicyclic) bond motifs is 1. The molecular formula is C22H21N5O4S. The minimum atomic E-state index is -0.946. The predicted molar refractivity (Wildman–Crippen MR) is 121 cm³/mol. The molecule has 0 saturated heterocycles. The highest BCUT2D eigenvalue weighted by Gasteiger charge is 2.20. The summed E-state index contributed by atoms with van der Waals surface area (Å²) in [5, 5.41) is 21.5. The third-order valence-corrected chi connectivity index (χ3v) is 6.25. The fourth-order valence-corrected chi connectivity index (χ4v) is 4.21. The van der Waals surface area contributed by atoms with Gasteiger partial charge in [0, 0.05) is 36.3 Å². The van der Waals surface area contributed by atoms with E-state index >= 15 is 0 Å². The first kappa shape index (κ1) is 21.6. The number of aliphatic carboxylic acids is 1. The second-order valence-corrected chi connectivity index (χ2v) is 8.44. The SMILES string of the molecule is COc1ccc2c(=O)n(CCC(Sc3ccc(-c4cnn(C)c4)cc3)C(=O)O)nnc2c1. The zero-order chi connectivity index (χ0) is 22.7. The molecule has 0 aliphatic heterocycles. The predicted octanol–water partition coefficient (Wildman–Crippen LogP) is 2.84.